The summed E-state index contributed by atoms with van der Waals surface area (Å²) in [4.78, 5) is 26.1. The van der Waals surface area contributed by atoms with E-state index < -0.39 is 6.04 Å². The topological polar surface area (TPSA) is 93.2 Å². The number of aryl methyl sites for hydroxylation is 1. The number of nitrogens with one attached hydrogen (secondary N) is 1. The van der Waals surface area contributed by atoms with Crippen LogP contribution in [0.2, 0.25) is 0 Å². The van der Waals surface area contributed by atoms with Crippen molar-refractivity contribution in [2.24, 2.45) is 7.05 Å². The van der Waals surface area contributed by atoms with Crippen LogP contribution in [0, 0.1) is 0 Å². The minimum absolute atomic E-state index is 0.0412. The number of anilines is 1. The Bertz CT molecular complexity index is 505. The minimum Gasteiger partial charge on any atom is -0.383 e. The van der Waals surface area contributed by atoms with Crippen molar-refractivity contribution >= 4 is 17.6 Å². The first kappa shape index (κ1) is 14.4. The van der Waals surface area contributed by atoms with Crippen LogP contribution in [0.3, 0.4) is 0 Å². The van der Waals surface area contributed by atoms with E-state index in [1.54, 1.807) is 18.9 Å². The maximum absolute atomic E-state index is 12.2. The summed E-state index contributed by atoms with van der Waals surface area (Å²) in [7, 11) is 1.66. The van der Waals surface area contributed by atoms with Gasteiger partial charge in [-0.2, -0.15) is 5.10 Å². The van der Waals surface area contributed by atoms with Crippen molar-refractivity contribution in [1.29, 1.82) is 0 Å². The van der Waals surface area contributed by atoms with E-state index >= 15 is 0 Å². The first-order valence-electron chi connectivity index (χ1n) is 6.88. The van der Waals surface area contributed by atoms with E-state index in [1.807, 2.05) is 0 Å². The maximum Gasteiger partial charge on any atom is 0.257 e. The summed E-state index contributed by atoms with van der Waals surface area (Å²) in [5.74, 6) is -0.117. The maximum atomic E-state index is 12.2. The average molecular weight is 279 g/mol. The zero-order chi connectivity index (χ0) is 14.7. The molecule has 3 N–H and O–H groups in total. The van der Waals surface area contributed by atoms with Crippen molar-refractivity contribution in [2.75, 3.05) is 18.8 Å². The largest absolute Gasteiger partial charge is 0.383 e. The van der Waals surface area contributed by atoms with Crippen molar-refractivity contribution in [2.45, 2.75) is 32.2 Å². The fraction of sp³-hybridized carbons (Fsp3) is 0.615. The Labute approximate surface area is 118 Å². The lowest BCUT2D eigenvalue weighted by molar-refractivity contribution is -0.133. The SMILES string of the molecule is CC(NC(=O)c1cnn(C)c1N)C(=O)N1CCCCC1. The molecule has 1 aliphatic rings. The summed E-state index contributed by atoms with van der Waals surface area (Å²) in [5.41, 5.74) is 6.04. The van der Waals surface area contributed by atoms with E-state index in [0.717, 1.165) is 32.4 Å². The van der Waals surface area contributed by atoms with E-state index in [2.05, 4.69) is 10.4 Å². The second-order valence-electron chi connectivity index (χ2n) is 5.15. The molecule has 0 aliphatic carbocycles. The van der Waals surface area contributed by atoms with E-state index in [4.69, 9.17) is 5.73 Å². The third-order valence-corrected chi connectivity index (χ3v) is 3.62. The number of amides is 2. The van der Waals surface area contributed by atoms with Gasteiger partial charge in [0.2, 0.25) is 5.91 Å². The minimum atomic E-state index is -0.555. The number of aromatic nitrogens is 2. The summed E-state index contributed by atoms with van der Waals surface area (Å²) in [5, 5.41) is 6.60. The van der Waals surface area contributed by atoms with Gasteiger partial charge < -0.3 is 16.0 Å². The number of carbonyl (C=O) groups is 2. The molecule has 2 amide bonds. The molecule has 1 aromatic heterocycles. The molecule has 7 nitrogen and oxygen atoms in total. The van der Waals surface area contributed by atoms with Gasteiger partial charge in [0.05, 0.1) is 6.20 Å². The molecule has 0 radical (unpaired) electrons. The smallest absolute Gasteiger partial charge is 0.257 e. The molecule has 20 heavy (non-hydrogen) atoms. The Hall–Kier alpha value is -2.05. The van der Waals surface area contributed by atoms with Gasteiger partial charge in [0.1, 0.15) is 17.4 Å². The Morgan fingerprint density at radius 2 is 2.00 bits per heavy atom. The van der Waals surface area contributed by atoms with Crippen LogP contribution in [0.5, 0.6) is 0 Å². The van der Waals surface area contributed by atoms with Gasteiger partial charge in [-0.15, -0.1) is 0 Å². The predicted molar refractivity (Wildman–Crippen MR) is 75.0 cm³/mol. The summed E-state index contributed by atoms with van der Waals surface area (Å²) < 4.78 is 1.42. The number of nitrogens with zero attached hydrogens (tertiary/aromatic N) is 3. The zero-order valence-corrected chi connectivity index (χ0v) is 11.9. The van der Waals surface area contributed by atoms with Gasteiger partial charge in [-0.1, -0.05) is 0 Å². The predicted octanol–water partition coefficient (Wildman–Crippen LogP) is 0.133. The van der Waals surface area contributed by atoms with Crippen molar-refractivity contribution in [3.05, 3.63) is 11.8 Å². The summed E-state index contributed by atoms with van der Waals surface area (Å²) in [6, 6.07) is -0.555. The molecule has 1 fully saturated rings. The van der Waals surface area contributed by atoms with Gasteiger partial charge in [0.25, 0.3) is 5.91 Å². The van der Waals surface area contributed by atoms with Crippen LogP contribution in [0.15, 0.2) is 6.20 Å². The number of likely N-dealkylation sites (tertiary alicyclic amines) is 1. The highest BCUT2D eigenvalue weighted by atomic mass is 16.2. The van der Waals surface area contributed by atoms with E-state index in [1.165, 1.54) is 10.9 Å². The standard InChI is InChI=1S/C13H21N5O2/c1-9(13(20)18-6-4-3-5-7-18)16-12(19)10-8-15-17(2)11(10)14/h8-9H,3-7,14H2,1-2H3,(H,16,19). The summed E-state index contributed by atoms with van der Waals surface area (Å²) in [6.45, 7) is 3.24. The molecule has 110 valence electrons. The molecule has 1 saturated heterocycles. The van der Waals surface area contributed by atoms with E-state index in [0.29, 0.717) is 11.4 Å². The molecular formula is C13H21N5O2. The molecule has 2 heterocycles. The number of hydrogen-bond donors (Lipinski definition) is 2. The normalized spacial score (nSPS) is 16.8. The van der Waals surface area contributed by atoms with Gasteiger partial charge in [-0.3, -0.25) is 14.3 Å². The quantitative estimate of drug-likeness (QED) is 0.822. The number of nitrogen functional groups attached to an aromatic ring is 1. The molecular weight excluding hydrogens is 258 g/mol. The van der Waals surface area contributed by atoms with Crippen LogP contribution in [0.25, 0.3) is 0 Å². The molecule has 1 aromatic rings. The van der Waals surface area contributed by atoms with Gasteiger partial charge in [-0.05, 0) is 26.2 Å². The van der Waals surface area contributed by atoms with E-state index in [9.17, 15) is 9.59 Å². The molecule has 7 heteroatoms. The number of hydrogen-bond acceptors (Lipinski definition) is 4. The molecule has 0 spiro atoms. The molecule has 1 unspecified atom stereocenters. The lowest BCUT2D eigenvalue weighted by Gasteiger charge is -2.29. The fourth-order valence-electron chi connectivity index (χ4n) is 2.35. The van der Waals surface area contributed by atoms with Crippen molar-refractivity contribution in [3.63, 3.8) is 0 Å². The monoisotopic (exact) mass is 279 g/mol. The van der Waals surface area contributed by atoms with Gasteiger partial charge in [0.15, 0.2) is 0 Å². The number of rotatable bonds is 3. The summed E-state index contributed by atoms with van der Waals surface area (Å²) >= 11 is 0. The third-order valence-electron chi connectivity index (χ3n) is 3.62. The van der Waals surface area contributed by atoms with Crippen LogP contribution in [-0.2, 0) is 11.8 Å². The lowest BCUT2D eigenvalue weighted by Crippen LogP contribution is -2.48. The fourth-order valence-corrected chi connectivity index (χ4v) is 2.35. The Morgan fingerprint density at radius 3 is 2.55 bits per heavy atom. The Kier molecular flexibility index (Phi) is 4.26. The van der Waals surface area contributed by atoms with Gasteiger partial charge in [-0.25, -0.2) is 0 Å². The summed E-state index contributed by atoms with van der Waals surface area (Å²) in [6.07, 6.45) is 4.63. The van der Waals surface area contributed by atoms with Gasteiger partial charge in [0, 0.05) is 20.1 Å². The molecule has 1 atom stereocenters. The van der Waals surface area contributed by atoms with E-state index in [-0.39, 0.29) is 11.8 Å². The lowest BCUT2D eigenvalue weighted by atomic mass is 10.1. The highest BCUT2D eigenvalue weighted by molar-refractivity contribution is 6.00. The Morgan fingerprint density at radius 1 is 1.35 bits per heavy atom. The van der Waals surface area contributed by atoms with Crippen molar-refractivity contribution < 1.29 is 9.59 Å². The highest BCUT2D eigenvalue weighted by Gasteiger charge is 2.24. The molecule has 2 rings (SSSR count). The molecule has 0 saturated carbocycles. The Balaban J connectivity index is 1.96. The first-order valence-corrected chi connectivity index (χ1v) is 6.88. The van der Waals surface area contributed by atoms with Crippen LogP contribution < -0.4 is 11.1 Å². The number of carbonyl (C=O) groups excluding carboxylic acids is 2. The number of nitrogens with two attached hydrogens (primary N) is 1. The van der Waals surface area contributed by atoms with Crippen molar-refractivity contribution in [1.82, 2.24) is 20.0 Å². The van der Waals surface area contributed by atoms with Crippen LogP contribution in [-0.4, -0.2) is 45.6 Å². The molecule has 0 bridgehead atoms. The van der Waals surface area contributed by atoms with Crippen molar-refractivity contribution in [3.8, 4) is 0 Å². The first-order chi connectivity index (χ1) is 9.50. The number of piperidine rings is 1. The van der Waals surface area contributed by atoms with Gasteiger partial charge >= 0.3 is 0 Å². The molecule has 0 aromatic carbocycles. The second kappa shape index (κ2) is 5.94. The highest BCUT2D eigenvalue weighted by Crippen LogP contribution is 2.12. The van der Waals surface area contributed by atoms with Crippen LogP contribution >= 0.6 is 0 Å². The van der Waals surface area contributed by atoms with Crippen LogP contribution in [0.1, 0.15) is 36.5 Å². The van der Waals surface area contributed by atoms with Crippen LogP contribution in [0.4, 0.5) is 5.82 Å². The third kappa shape index (κ3) is 2.92. The molecule has 1 aliphatic heterocycles. The zero-order valence-electron chi connectivity index (χ0n) is 11.9. The average Bonchev–Trinajstić information content (AvgIpc) is 2.79. The second-order valence-corrected chi connectivity index (χ2v) is 5.15.